The second kappa shape index (κ2) is 12.7. The van der Waals surface area contributed by atoms with Gasteiger partial charge in [0.05, 0.1) is 47.9 Å². The number of methoxy groups -OCH3 is 1. The minimum Gasteiger partial charge on any atom is -1.00 e. The van der Waals surface area contributed by atoms with Gasteiger partial charge in [-0.25, -0.2) is 0 Å². The molecule has 1 N–H and O–H groups in total. The number of aryl methyl sites for hydroxylation is 1. The van der Waals surface area contributed by atoms with Crippen LogP contribution in [0, 0.1) is 0 Å². The summed E-state index contributed by atoms with van der Waals surface area (Å²) in [6, 6.07) is 15.5. The quantitative estimate of drug-likeness (QED) is 0.272. The number of benzene rings is 2. The summed E-state index contributed by atoms with van der Waals surface area (Å²) in [5.41, 5.74) is 1.97. The van der Waals surface area contributed by atoms with Gasteiger partial charge >= 0.3 is 0 Å². The highest BCUT2D eigenvalue weighted by atomic mass is 127. The van der Waals surface area contributed by atoms with Crippen LogP contribution in [0.1, 0.15) is 28.8 Å². The first-order chi connectivity index (χ1) is 13.4. The van der Waals surface area contributed by atoms with Crippen LogP contribution in [0.25, 0.3) is 0 Å². The number of unbranched alkanes of at least 4 members (excludes halogenated alkanes) is 1. The maximum absolute atomic E-state index is 12.1. The summed E-state index contributed by atoms with van der Waals surface area (Å²) < 4.78 is 11.8. The normalized spacial score (nSPS) is 10.8. The van der Waals surface area contributed by atoms with Crippen LogP contribution in [0.15, 0.2) is 48.5 Å². The number of halogens is 1. The van der Waals surface area contributed by atoms with Crippen LogP contribution in [-0.2, 0) is 6.42 Å². The Balaban J connectivity index is 0.00000420. The molecule has 6 heteroatoms. The summed E-state index contributed by atoms with van der Waals surface area (Å²) in [7, 11) is 8.00. The molecule has 0 unspecified atom stereocenters. The first-order valence-electron chi connectivity index (χ1n) is 9.82. The topological polar surface area (TPSA) is 47.6 Å². The second-order valence-electron chi connectivity index (χ2n) is 7.95. The van der Waals surface area contributed by atoms with Gasteiger partial charge in [-0.05, 0) is 61.2 Å². The molecule has 1 amide bonds. The van der Waals surface area contributed by atoms with E-state index < -0.39 is 0 Å². The van der Waals surface area contributed by atoms with Gasteiger partial charge in [-0.15, -0.1) is 0 Å². The van der Waals surface area contributed by atoms with Gasteiger partial charge in [0, 0.05) is 5.56 Å². The third-order valence-electron chi connectivity index (χ3n) is 4.47. The molecule has 0 bridgehead atoms. The largest absolute Gasteiger partial charge is 1.00 e. The molecule has 0 aliphatic rings. The number of ether oxygens (including phenoxy) is 2. The summed E-state index contributed by atoms with van der Waals surface area (Å²) in [5.74, 6) is 1.64. The summed E-state index contributed by atoms with van der Waals surface area (Å²) in [5, 5.41) is 2.95. The fourth-order valence-electron chi connectivity index (χ4n) is 2.72. The molecule has 0 aromatic heterocycles. The van der Waals surface area contributed by atoms with Gasteiger partial charge in [-0.2, -0.15) is 0 Å². The van der Waals surface area contributed by atoms with Crippen LogP contribution in [0.3, 0.4) is 0 Å². The van der Waals surface area contributed by atoms with Crippen molar-refractivity contribution >= 4 is 5.91 Å². The predicted molar refractivity (Wildman–Crippen MR) is 113 cm³/mol. The maximum Gasteiger partial charge on any atom is 0.251 e. The molecule has 0 fully saturated rings. The Labute approximate surface area is 192 Å². The highest BCUT2D eigenvalue weighted by Gasteiger charge is 2.09. The van der Waals surface area contributed by atoms with Crippen molar-refractivity contribution in [3.8, 4) is 11.5 Å². The number of carbonyl (C=O) groups is 1. The van der Waals surface area contributed by atoms with E-state index in [9.17, 15) is 4.79 Å². The van der Waals surface area contributed by atoms with Crippen molar-refractivity contribution in [2.45, 2.75) is 19.3 Å². The summed E-state index contributed by atoms with van der Waals surface area (Å²) in [6.07, 6.45) is 3.08. The van der Waals surface area contributed by atoms with Crippen LogP contribution in [-0.4, -0.2) is 58.3 Å². The molecule has 2 aromatic rings. The molecule has 2 aromatic carbocycles. The first kappa shape index (κ1) is 25.2. The Hall–Kier alpha value is -1.80. The van der Waals surface area contributed by atoms with Gasteiger partial charge in [-0.1, -0.05) is 12.1 Å². The van der Waals surface area contributed by atoms with Crippen molar-refractivity contribution in [1.29, 1.82) is 0 Å². The molecule has 0 aliphatic heterocycles. The van der Waals surface area contributed by atoms with Crippen LogP contribution in [0.2, 0.25) is 0 Å². The zero-order chi connectivity index (χ0) is 20.4. The van der Waals surface area contributed by atoms with E-state index in [0.29, 0.717) is 18.7 Å². The maximum atomic E-state index is 12.1. The third kappa shape index (κ3) is 9.99. The van der Waals surface area contributed by atoms with E-state index in [1.165, 1.54) is 5.56 Å². The smallest absolute Gasteiger partial charge is 0.251 e. The number of quaternary nitrogens is 1. The van der Waals surface area contributed by atoms with Crippen molar-refractivity contribution in [3.63, 3.8) is 0 Å². The minimum atomic E-state index is -0.0421. The Morgan fingerprint density at radius 3 is 2.14 bits per heavy atom. The highest BCUT2D eigenvalue weighted by Crippen LogP contribution is 2.15. The molecule has 0 atom stereocenters. The van der Waals surface area contributed by atoms with Crippen LogP contribution >= 0.6 is 0 Å². The minimum absolute atomic E-state index is 0. The van der Waals surface area contributed by atoms with Crippen LogP contribution < -0.4 is 38.8 Å². The van der Waals surface area contributed by atoms with Crippen LogP contribution in [0.4, 0.5) is 0 Å². The monoisotopic (exact) mass is 512 g/mol. The molecular weight excluding hydrogens is 479 g/mol. The molecule has 0 radical (unpaired) electrons. The molecule has 29 heavy (non-hydrogen) atoms. The molecule has 0 saturated heterocycles. The fraction of sp³-hybridized carbons (Fsp3) is 0.435. The average molecular weight is 512 g/mol. The van der Waals surface area contributed by atoms with Crippen molar-refractivity contribution in [2.24, 2.45) is 0 Å². The van der Waals surface area contributed by atoms with Crippen LogP contribution in [0.5, 0.6) is 11.5 Å². The molecule has 160 valence electrons. The predicted octanol–water partition coefficient (Wildman–Crippen LogP) is 0.537. The van der Waals surface area contributed by atoms with E-state index in [4.69, 9.17) is 9.47 Å². The highest BCUT2D eigenvalue weighted by molar-refractivity contribution is 5.94. The fourth-order valence-corrected chi connectivity index (χ4v) is 2.72. The molecule has 0 heterocycles. The number of hydrogen-bond donors (Lipinski definition) is 1. The number of likely N-dealkylation sites (N-methyl/N-ethyl adjacent to an activating group) is 1. The Kier molecular flexibility index (Phi) is 11.0. The van der Waals surface area contributed by atoms with Gasteiger partial charge in [0.25, 0.3) is 5.91 Å². The van der Waals surface area contributed by atoms with Crippen molar-refractivity contribution in [1.82, 2.24) is 5.32 Å². The van der Waals surface area contributed by atoms with E-state index >= 15 is 0 Å². The van der Waals surface area contributed by atoms with E-state index in [-0.39, 0.29) is 29.9 Å². The molecule has 0 aliphatic carbocycles. The average Bonchev–Trinajstić information content (AvgIpc) is 2.67. The van der Waals surface area contributed by atoms with E-state index in [2.05, 4.69) is 38.6 Å². The number of amides is 1. The van der Waals surface area contributed by atoms with Gasteiger partial charge in [0.15, 0.2) is 0 Å². The Bertz CT molecular complexity index is 725. The third-order valence-corrected chi connectivity index (χ3v) is 4.47. The lowest BCUT2D eigenvalue weighted by molar-refractivity contribution is -0.869. The number of nitrogens with zero attached hydrogens (tertiary/aromatic N) is 1. The summed E-state index contributed by atoms with van der Waals surface area (Å²) in [4.78, 5) is 12.1. The number of rotatable bonds is 11. The van der Waals surface area contributed by atoms with Gasteiger partial charge < -0.3 is 43.3 Å². The lowest BCUT2D eigenvalue weighted by atomic mass is 10.1. The van der Waals surface area contributed by atoms with E-state index in [0.717, 1.165) is 41.8 Å². The Morgan fingerprint density at radius 2 is 1.55 bits per heavy atom. The number of nitrogens with one attached hydrogen (secondary N) is 1. The van der Waals surface area contributed by atoms with Gasteiger partial charge in [0.1, 0.15) is 11.5 Å². The molecule has 5 nitrogen and oxygen atoms in total. The van der Waals surface area contributed by atoms with E-state index in [1.807, 2.05) is 36.4 Å². The number of carbonyl (C=O) groups excluding carboxylic acids is 1. The first-order valence-corrected chi connectivity index (χ1v) is 9.82. The zero-order valence-corrected chi connectivity index (χ0v) is 20.1. The van der Waals surface area contributed by atoms with Gasteiger partial charge in [0.2, 0.25) is 0 Å². The van der Waals surface area contributed by atoms with Gasteiger partial charge in [-0.3, -0.25) is 4.79 Å². The van der Waals surface area contributed by atoms with Crippen molar-refractivity contribution in [2.75, 3.05) is 47.9 Å². The summed E-state index contributed by atoms with van der Waals surface area (Å²) >= 11 is 0. The van der Waals surface area contributed by atoms with Crippen molar-refractivity contribution < 1.29 is 42.7 Å². The van der Waals surface area contributed by atoms with E-state index in [1.54, 1.807) is 7.11 Å². The molecule has 2 rings (SSSR count). The number of hydrogen-bond acceptors (Lipinski definition) is 3. The lowest BCUT2D eigenvalue weighted by Crippen LogP contribution is -3.00. The zero-order valence-electron chi connectivity index (χ0n) is 17.9. The van der Waals surface area contributed by atoms with Crippen molar-refractivity contribution in [3.05, 3.63) is 59.7 Å². The summed E-state index contributed by atoms with van der Waals surface area (Å²) in [6.45, 7) is 2.23. The standard InChI is InChI=1S/C23H32N2O3.HI/c1-25(2,3)17-16-24-23(26)20-10-14-22(15-11-20)28-18-6-5-7-19-8-12-21(27-4)13-9-19;/h8-15H,5-7,16-18H2,1-4H3;1H. The second-order valence-corrected chi connectivity index (χ2v) is 7.95. The molecule has 0 saturated carbocycles. The SMILES string of the molecule is COc1ccc(CCCCOc2ccc(C(=O)NCC[N+](C)(C)C)cc2)cc1.[I-]. The molecule has 0 spiro atoms. The lowest BCUT2D eigenvalue weighted by Gasteiger charge is -2.23. The Morgan fingerprint density at radius 1 is 0.931 bits per heavy atom. The molecular formula is C23H33IN2O3.